The van der Waals surface area contributed by atoms with E-state index in [-0.39, 0.29) is 5.95 Å². The Morgan fingerprint density at radius 3 is 2.65 bits per heavy atom. The molecule has 4 rings (SSSR count). The van der Waals surface area contributed by atoms with E-state index >= 15 is 0 Å². The van der Waals surface area contributed by atoms with Crippen molar-refractivity contribution in [2.45, 2.75) is 0 Å². The van der Waals surface area contributed by atoms with Crippen LogP contribution in [-0.2, 0) is 0 Å². The van der Waals surface area contributed by atoms with Gasteiger partial charge in [-0.25, -0.2) is 8.78 Å². The van der Waals surface area contributed by atoms with Crippen molar-refractivity contribution < 1.29 is 8.78 Å². The molecule has 0 aliphatic rings. The smallest absolute Gasteiger partial charge is 0.249 e. The summed E-state index contributed by atoms with van der Waals surface area (Å²) in [5, 5.41) is 14.6. The average molecular weight is 350 g/mol. The summed E-state index contributed by atoms with van der Waals surface area (Å²) >= 11 is 0. The monoisotopic (exact) mass is 350 g/mol. The highest BCUT2D eigenvalue weighted by molar-refractivity contribution is 5.91. The molecule has 6 nitrogen and oxygen atoms in total. The number of para-hydroxylation sites is 1. The van der Waals surface area contributed by atoms with Gasteiger partial charge >= 0.3 is 0 Å². The standard InChI is InChI=1S/C18H12F2N6/c19-13-7-6-12(9-14(13)20)23-18-25-16(10-22-26-18)24-15-5-1-3-11-4-2-8-21-17(11)15/h1-10H,(H2,23,24,25,26). The molecule has 0 atom stereocenters. The number of benzene rings is 2. The first-order valence-electron chi connectivity index (χ1n) is 7.71. The van der Waals surface area contributed by atoms with Crippen LogP contribution in [0.4, 0.5) is 31.9 Å². The Morgan fingerprint density at radius 1 is 0.885 bits per heavy atom. The average Bonchev–Trinajstić information content (AvgIpc) is 2.65. The number of aromatic nitrogens is 4. The Bertz CT molecular complexity index is 1080. The molecule has 0 aliphatic heterocycles. The zero-order chi connectivity index (χ0) is 17.9. The summed E-state index contributed by atoms with van der Waals surface area (Å²) in [5.41, 5.74) is 1.88. The topological polar surface area (TPSA) is 75.6 Å². The van der Waals surface area contributed by atoms with E-state index in [2.05, 4.69) is 30.8 Å². The lowest BCUT2D eigenvalue weighted by Crippen LogP contribution is -2.03. The molecule has 0 amide bonds. The van der Waals surface area contributed by atoms with Crippen LogP contribution in [0.25, 0.3) is 10.9 Å². The van der Waals surface area contributed by atoms with Crippen LogP contribution in [0.15, 0.2) is 60.9 Å². The molecule has 0 unspecified atom stereocenters. The summed E-state index contributed by atoms with van der Waals surface area (Å²) in [6.07, 6.45) is 3.17. The summed E-state index contributed by atoms with van der Waals surface area (Å²) in [4.78, 5) is 8.65. The lowest BCUT2D eigenvalue weighted by atomic mass is 10.2. The second kappa shape index (κ2) is 6.67. The number of nitrogens with zero attached hydrogens (tertiary/aromatic N) is 4. The number of hydrogen-bond acceptors (Lipinski definition) is 6. The predicted octanol–water partition coefficient (Wildman–Crippen LogP) is 4.19. The fourth-order valence-corrected chi connectivity index (χ4v) is 2.46. The van der Waals surface area contributed by atoms with Crippen LogP contribution in [0, 0.1) is 11.6 Å². The van der Waals surface area contributed by atoms with Gasteiger partial charge in [-0.15, -0.1) is 5.10 Å². The lowest BCUT2D eigenvalue weighted by Gasteiger charge is -2.09. The summed E-state index contributed by atoms with van der Waals surface area (Å²) in [6.45, 7) is 0. The minimum absolute atomic E-state index is 0.147. The summed E-state index contributed by atoms with van der Waals surface area (Å²) in [6, 6.07) is 13.0. The lowest BCUT2D eigenvalue weighted by molar-refractivity contribution is 0.509. The highest BCUT2D eigenvalue weighted by Crippen LogP contribution is 2.24. The molecular weight excluding hydrogens is 338 g/mol. The van der Waals surface area contributed by atoms with Crippen LogP contribution in [0.5, 0.6) is 0 Å². The van der Waals surface area contributed by atoms with Crippen molar-refractivity contribution in [1.82, 2.24) is 20.2 Å². The Kier molecular flexibility index (Phi) is 4.06. The molecule has 0 spiro atoms. The van der Waals surface area contributed by atoms with E-state index < -0.39 is 11.6 Å². The quantitative estimate of drug-likeness (QED) is 0.575. The van der Waals surface area contributed by atoms with E-state index in [4.69, 9.17) is 0 Å². The van der Waals surface area contributed by atoms with Gasteiger partial charge in [0.05, 0.1) is 17.4 Å². The molecule has 2 N–H and O–H groups in total. The van der Waals surface area contributed by atoms with Crippen molar-refractivity contribution in [3.63, 3.8) is 0 Å². The first-order chi connectivity index (χ1) is 12.7. The van der Waals surface area contributed by atoms with Crippen LogP contribution in [0.2, 0.25) is 0 Å². The molecule has 8 heteroatoms. The third-order valence-corrected chi connectivity index (χ3v) is 3.63. The number of fused-ring (bicyclic) bond motifs is 1. The Hall–Kier alpha value is -3.68. The number of hydrogen-bond donors (Lipinski definition) is 2. The van der Waals surface area contributed by atoms with Crippen LogP contribution in [0.1, 0.15) is 0 Å². The molecule has 2 aromatic heterocycles. The second-order valence-electron chi connectivity index (χ2n) is 5.42. The van der Waals surface area contributed by atoms with Crippen molar-refractivity contribution in [3.05, 3.63) is 72.6 Å². The first-order valence-corrected chi connectivity index (χ1v) is 7.71. The summed E-state index contributed by atoms with van der Waals surface area (Å²) < 4.78 is 26.3. The van der Waals surface area contributed by atoms with Gasteiger partial charge in [-0.3, -0.25) is 4.98 Å². The molecule has 0 saturated carbocycles. The molecule has 0 fully saturated rings. The van der Waals surface area contributed by atoms with Gasteiger partial charge in [0.2, 0.25) is 5.95 Å². The normalized spacial score (nSPS) is 10.7. The van der Waals surface area contributed by atoms with Gasteiger partial charge in [-0.2, -0.15) is 10.1 Å². The number of halogens is 2. The van der Waals surface area contributed by atoms with Gasteiger partial charge < -0.3 is 10.6 Å². The number of pyridine rings is 1. The largest absolute Gasteiger partial charge is 0.337 e. The van der Waals surface area contributed by atoms with Gasteiger partial charge in [-0.05, 0) is 24.3 Å². The summed E-state index contributed by atoms with van der Waals surface area (Å²) in [5.74, 6) is -1.30. The van der Waals surface area contributed by atoms with Crippen molar-refractivity contribution in [3.8, 4) is 0 Å². The number of anilines is 4. The minimum Gasteiger partial charge on any atom is -0.337 e. The van der Waals surface area contributed by atoms with Gasteiger partial charge in [0.15, 0.2) is 17.5 Å². The third-order valence-electron chi connectivity index (χ3n) is 3.63. The second-order valence-corrected chi connectivity index (χ2v) is 5.42. The van der Waals surface area contributed by atoms with Crippen molar-refractivity contribution in [2.75, 3.05) is 10.6 Å². The molecule has 26 heavy (non-hydrogen) atoms. The number of nitrogens with one attached hydrogen (secondary N) is 2. The van der Waals surface area contributed by atoms with Crippen LogP contribution < -0.4 is 10.6 Å². The third kappa shape index (κ3) is 3.25. The Morgan fingerprint density at radius 2 is 1.77 bits per heavy atom. The van der Waals surface area contributed by atoms with E-state index in [0.717, 1.165) is 28.7 Å². The predicted molar refractivity (Wildman–Crippen MR) is 94.5 cm³/mol. The molecular formula is C18H12F2N6. The summed E-state index contributed by atoms with van der Waals surface area (Å²) in [7, 11) is 0. The van der Waals surface area contributed by atoms with Gasteiger partial charge in [0.25, 0.3) is 0 Å². The number of rotatable bonds is 4. The zero-order valence-corrected chi connectivity index (χ0v) is 13.3. The van der Waals surface area contributed by atoms with Gasteiger partial charge in [-0.1, -0.05) is 18.2 Å². The maximum Gasteiger partial charge on any atom is 0.249 e. The first kappa shape index (κ1) is 15.8. The van der Waals surface area contributed by atoms with Crippen LogP contribution in [0.3, 0.4) is 0 Å². The van der Waals surface area contributed by atoms with E-state index in [1.165, 1.54) is 12.3 Å². The Labute approximate surface area is 147 Å². The van der Waals surface area contributed by atoms with E-state index in [1.807, 2.05) is 30.3 Å². The van der Waals surface area contributed by atoms with Crippen LogP contribution >= 0.6 is 0 Å². The molecule has 0 radical (unpaired) electrons. The molecule has 0 aliphatic carbocycles. The van der Waals surface area contributed by atoms with E-state index in [1.54, 1.807) is 6.20 Å². The van der Waals surface area contributed by atoms with E-state index in [0.29, 0.717) is 11.5 Å². The van der Waals surface area contributed by atoms with E-state index in [9.17, 15) is 8.78 Å². The highest BCUT2D eigenvalue weighted by atomic mass is 19.2. The van der Waals surface area contributed by atoms with Crippen LogP contribution in [-0.4, -0.2) is 20.2 Å². The molecule has 2 aromatic carbocycles. The maximum absolute atomic E-state index is 13.3. The molecule has 128 valence electrons. The molecule has 0 saturated heterocycles. The van der Waals surface area contributed by atoms with Crippen molar-refractivity contribution in [1.29, 1.82) is 0 Å². The SMILES string of the molecule is Fc1ccc(Nc2nncc(Nc3cccc4cccnc34)n2)cc1F. The Balaban J connectivity index is 1.60. The highest BCUT2D eigenvalue weighted by Gasteiger charge is 2.07. The fraction of sp³-hybridized carbons (Fsp3) is 0. The molecule has 2 heterocycles. The molecule has 4 aromatic rings. The van der Waals surface area contributed by atoms with Crippen molar-refractivity contribution >= 4 is 34.0 Å². The zero-order valence-electron chi connectivity index (χ0n) is 13.3. The molecule has 0 bridgehead atoms. The van der Waals surface area contributed by atoms with Gasteiger partial charge in [0, 0.05) is 23.3 Å². The maximum atomic E-state index is 13.3. The minimum atomic E-state index is -0.959. The van der Waals surface area contributed by atoms with Crippen molar-refractivity contribution in [2.24, 2.45) is 0 Å². The van der Waals surface area contributed by atoms with Gasteiger partial charge in [0.1, 0.15) is 0 Å². The fourth-order valence-electron chi connectivity index (χ4n) is 2.46.